The van der Waals surface area contributed by atoms with Crippen molar-refractivity contribution in [1.82, 2.24) is 25.0 Å². The van der Waals surface area contributed by atoms with E-state index in [2.05, 4.69) is 40.9 Å². The molecule has 2 aromatic rings. The quantitative estimate of drug-likeness (QED) is 0.522. The molecule has 0 saturated carbocycles. The molecule has 3 aliphatic heterocycles. The Bertz CT molecular complexity index is 1300. The monoisotopic (exact) mass is 596 g/mol. The van der Waals surface area contributed by atoms with E-state index in [4.69, 9.17) is 9.47 Å². The van der Waals surface area contributed by atoms with Crippen LogP contribution in [0.4, 0.5) is 10.1 Å². The number of hydrogen-bond donors (Lipinski definition) is 1. The van der Waals surface area contributed by atoms with Crippen molar-refractivity contribution in [3.05, 3.63) is 53.0 Å². The molecule has 0 bridgehead atoms. The summed E-state index contributed by atoms with van der Waals surface area (Å²) in [5.74, 6) is -0.334. The zero-order valence-electron chi connectivity index (χ0n) is 26.2. The number of morpholine rings is 1. The van der Waals surface area contributed by atoms with Gasteiger partial charge in [-0.3, -0.25) is 19.4 Å². The molecule has 5 rings (SSSR count). The number of carbonyl (C=O) groups is 2. The van der Waals surface area contributed by atoms with Gasteiger partial charge in [-0.15, -0.1) is 0 Å². The number of nitrogens with one attached hydrogen (secondary N) is 1. The average molecular weight is 597 g/mol. The van der Waals surface area contributed by atoms with Crippen LogP contribution >= 0.6 is 0 Å². The van der Waals surface area contributed by atoms with E-state index in [0.29, 0.717) is 43.0 Å². The summed E-state index contributed by atoms with van der Waals surface area (Å²) in [6.07, 6.45) is 0.360. The Morgan fingerprint density at radius 1 is 1.05 bits per heavy atom. The molecule has 43 heavy (non-hydrogen) atoms. The second-order valence-electron chi connectivity index (χ2n) is 12.6. The van der Waals surface area contributed by atoms with E-state index in [1.165, 1.54) is 17.0 Å². The highest BCUT2D eigenvalue weighted by atomic mass is 19.1. The van der Waals surface area contributed by atoms with Crippen LogP contribution in [-0.2, 0) is 16.0 Å². The molecule has 234 valence electrons. The number of benzene rings is 1. The van der Waals surface area contributed by atoms with Crippen molar-refractivity contribution in [3.8, 4) is 5.88 Å². The first-order chi connectivity index (χ1) is 20.5. The lowest BCUT2D eigenvalue weighted by molar-refractivity contribution is -0.122. The molecule has 10 nitrogen and oxygen atoms in total. The van der Waals surface area contributed by atoms with Crippen molar-refractivity contribution in [2.75, 3.05) is 65.0 Å². The minimum absolute atomic E-state index is 0.0274. The molecular formula is C32H45FN6O4. The van der Waals surface area contributed by atoms with E-state index in [1.54, 1.807) is 31.1 Å². The standard InChI is InChI=1S/C32H45FN6O4/c1-20-14-37(27(13-34-20)15-38-21(2)17-42-18-22(38)3)16-29(40)39-23(4)19-43-31-28(39)12-25(30(35-31)32(41)36(5)6)11-24-7-9-26(33)10-8-24/h7-10,12,20-23,27,34H,11,13-19H2,1-6H3/t20-,21-,22-,23+,27-/m1/s1. The van der Waals surface area contributed by atoms with Crippen LogP contribution < -0.4 is 15.0 Å². The van der Waals surface area contributed by atoms with E-state index in [-0.39, 0.29) is 60.5 Å². The second-order valence-corrected chi connectivity index (χ2v) is 12.6. The lowest BCUT2D eigenvalue weighted by Crippen LogP contribution is -2.63. The zero-order chi connectivity index (χ0) is 30.8. The van der Waals surface area contributed by atoms with E-state index in [1.807, 2.05) is 13.0 Å². The number of fused-ring (bicyclic) bond motifs is 1. The number of ether oxygens (including phenoxy) is 2. The average Bonchev–Trinajstić information content (AvgIpc) is 2.96. The number of pyridine rings is 1. The molecule has 3 aliphatic rings. The van der Waals surface area contributed by atoms with Gasteiger partial charge < -0.3 is 24.6 Å². The molecule has 1 aromatic carbocycles. The molecule has 11 heteroatoms. The van der Waals surface area contributed by atoms with Gasteiger partial charge in [-0.05, 0) is 63.4 Å². The molecule has 0 aliphatic carbocycles. The lowest BCUT2D eigenvalue weighted by Gasteiger charge is -2.46. The smallest absolute Gasteiger partial charge is 0.272 e. The van der Waals surface area contributed by atoms with Gasteiger partial charge in [-0.25, -0.2) is 9.37 Å². The van der Waals surface area contributed by atoms with Crippen molar-refractivity contribution >= 4 is 17.5 Å². The zero-order valence-corrected chi connectivity index (χ0v) is 26.2. The highest BCUT2D eigenvalue weighted by molar-refractivity contribution is 5.99. The minimum Gasteiger partial charge on any atom is -0.474 e. The Kier molecular flexibility index (Phi) is 9.65. The first-order valence-electron chi connectivity index (χ1n) is 15.3. The minimum atomic E-state index is -0.325. The van der Waals surface area contributed by atoms with Crippen LogP contribution in [0.3, 0.4) is 0 Å². The number of rotatable bonds is 7. The van der Waals surface area contributed by atoms with Gasteiger partial charge in [0.1, 0.15) is 23.8 Å². The predicted octanol–water partition coefficient (Wildman–Crippen LogP) is 2.40. The van der Waals surface area contributed by atoms with Crippen LogP contribution in [0.15, 0.2) is 30.3 Å². The van der Waals surface area contributed by atoms with Crippen molar-refractivity contribution in [3.63, 3.8) is 0 Å². The summed E-state index contributed by atoms with van der Waals surface area (Å²) in [7, 11) is 3.35. The molecule has 0 radical (unpaired) electrons. The number of halogens is 1. The fourth-order valence-corrected chi connectivity index (χ4v) is 6.34. The van der Waals surface area contributed by atoms with Gasteiger partial charge in [0.15, 0.2) is 0 Å². The molecule has 1 aromatic heterocycles. The second kappa shape index (κ2) is 13.3. The Hall–Kier alpha value is -3.12. The summed E-state index contributed by atoms with van der Waals surface area (Å²) in [5, 5.41) is 3.60. The molecule has 0 unspecified atom stereocenters. The van der Waals surface area contributed by atoms with Crippen LogP contribution in [0.2, 0.25) is 0 Å². The maximum Gasteiger partial charge on any atom is 0.272 e. The number of aromatic nitrogens is 1. The number of anilines is 1. The predicted molar refractivity (Wildman–Crippen MR) is 163 cm³/mol. The van der Waals surface area contributed by atoms with Crippen molar-refractivity contribution in [2.45, 2.75) is 64.3 Å². The fourth-order valence-electron chi connectivity index (χ4n) is 6.34. The maximum absolute atomic E-state index is 14.2. The van der Waals surface area contributed by atoms with Gasteiger partial charge in [0.05, 0.1) is 25.8 Å². The number of piperazine rings is 1. The van der Waals surface area contributed by atoms with Crippen molar-refractivity contribution < 1.29 is 23.5 Å². The van der Waals surface area contributed by atoms with Crippen LogP contribution in [-0.4, -0.2) is 122 Å². The third-order valence-corrected chi connectivity index (χ3v) is 8.73. The van der Waals surface area contributed by atoms with E-state index >= 15 is 0 Å². The van der Waals surface area contributed by atoms with Crippen molar-refractivity contribution in [2.24, 2.45) is 0 Å². The summed E-state index contributed by atoms with van der Waals surface area (Å²) in [6.45, 7) is 12.9. The highest BCUT2D eigenvalue weighted by Gasteiger charge is 2.37. The Morgan fingerprint density at radius 3 is 2.42 bits per heavy atom. The summed E-state index contributed by atoms with van der Waals surface area (Å²) in [5.41, 5.74) is 2.32. The first-order valence-corrected chi connectivity index (χ1v) is 15.3. The van der Waals surface area contributed by atoms with Gasteiger partial charge in [0.2, 0.25) is 11.8 Å². The molecule has 2 fully saturated rings. The third-order valence-electron chi connectivity index (χ3n) is 8.73. The largest absolute Gasteiger partial charge is 0.474 e. The van der Waals surface area contributed by atoms with Gasteiger partial charge in [0.25, 0.3) is 5.91 Å². The molecule has 2 amide bonds. The van der Waals surface area contributed by atoms with Gasteiger partial charge >= 0.3 is 0 Å². The molecule has 2 saturated heterocycles. The topological polar surface area (TPSA) is 90.5 Å². The molecule has 0 spiro atoms. The van der Waals surface area contributed by atoms with Crippen LogP contribution in [0, 0.1) is 5.82 Å². The lowest BCUT2D eigenvalue weighted by atomic mass is 10.0. The number of amides is 2. The maximum atomic E-state index is 14.2. The van der Waals surface area contributed by atoms with Crippen molar-refractivity contribution in [1.29, 1.82) is 0 Å². The van der Waals surface area contributed by atoms with E-state index < -0.39 is 0 Å². The normalized spacial score (nSPS) is 26.5. The summed E-state index contributed by atoms with van der Waals surface area (Å²) in [6, 6.07) is 8.91. The highest BCUT2D eigenvalue weighted by Crippen LogP contribution is 2.35. The van der Waals surface area contributed by atoms with E-state index in [9.17, 15) is 14.0 Å². The Morgan fingerprint density at radius 2 is 1.74 bits per heavy atom. The molecule has 1 N–H and O–H groups in total. The SMILES string of the molecule is C[C@@H]1CN(CC(=O)N2c3cc(Cc4ccc(F)cc4)c(C(=O)N(C)C)nc3OC[C@@H]2C)[C@@H](CN2[C@H](C)COC[C@H]2C)CN1. The molecule has 4 heterocycles. The van der Waals surface area contributed by atoms with Crippen LogP contribution in [0.5, 0.6) is 5.88 Å². The van der Waals surface area contributed by atoms with Gasteiger partial charge in [-0.1, -0.05) is 12.1 Å². The summed E-state index contributed by atoms with van der Waals surface area (Å²) in [4.78, 5) is 40.0. The van der Waals surface area contributed by atoms with Crippen LogP contribution in [0.1, 0.15) is 49.3 Å². The van der Waals surface area contributed by atoms with Gasteiger partial charge in [-0.2, -0.15) is 0 Å². The van der Waals surface area contributed by atoms with Gasteiger partial charge in [0, 0.05) is 57.9 Å². The summed E-state index contributed by atoms with van der Waals surface area (Å²) >= 11 is 0. The van der Waals surface area contributed by atoms with Crippen LogP contribution in [0.25, 0.3) is 0 Å². The number of carbonyl (C=O) groups excluding carboxylic acids is 2. The number of hydrogen-bond acceptors (Lipinski definition) is 8. The number of nitrogens with zero attached hydrogens (tertiary/aromatic N) is 5. The molecule has 5 atom stereocenters. The first kappa shape index (κ1) is 31.3. The third kappa shape index (κ3) is 7.01. The summed E-state index contributed by atoms with van der Waals surface area (Å²) < 4.78 is 25.3. The molecular weight excluding hydrogens is 551 g/mol. The fraction of sp³-hybridized carbons (Fsp3) is 0.594. The Labute approximate surface area is 254 Å². The Balaban J connectivity index is 1.43. The van der Waals surface area contributed by atoms with E-state index in [0.717, 1.165) is 25.2 Å².